The maximum atomic E-state index is 5.86. The molecule has 0 aliphatic rings. The van der Waals surface area contributed by atoms with Crippen LogP contribution in [0.4, 0.5) is 0 Å². The molecule has 3 aromatic rings. The van der Waals surface area contributed by atoms with Crippen molar-refractivity contribution < 1.29 is 9.30 Å². The van der Waals surface area contributed by atoms with Crippen molar-refractivity contribution in [3.05, 3.63) is 90.3 Å². The van der Waals surface area contributed by atoms with E-state index in [2.05, 4.69) is 34.9 Å². The van der Waals surface area contributed by atoms with Gasteiger partial charge in [-0.3, -0.25) is 0 Å². The van der Waals surface area contributed by atoms with Crippen molar-refractivity contribution in [1.29, 1.82) is 0 Å². The van der Waals surface area contributed by atoms with Crippen LogP contribution in [0.15, 0.2) is 79.1 Å². The van der Waals surface area contributed by atoms with Gasteiger partial charge in [-0.15, -0.1) is 0 Å². The number of nitrogens with zero attached hydrogens (tertiary/aromatic N) is 1. The average molecular weight is 317 g/mol. The number of hydrogen-bond acceptors (Lipinski definition) is 2. The SMILES string of the molecule is NCC[n+]1ccc(/C=C/c2cccc(Oc3ccccc3)c2)cc1. The van der Waals surface area contributed by atoms with Gasteiger partial charge in [-0.05, 0) is 35.4 Å². The van der Waals surface area contributed by atoms with E-state index in [1.54, 1.807) is 0 Å². The quantitative estimate of drug-likeness (QED) is 0.700. The molecule has 0 saturated carbocycles. The lowest BCUT2D eigenvalue weighted by Crippen LogP contribution is -2.36. The molecule has 3 rings (SSSR count). The normalized spacial score (nSPS) is 10.9. The molecule has 3 heteroatoms. The van der Waals surface area contributed by atoms with Crippen molar-refractivity contribution in [2.75, 3.05) is 6.54 Å². The summed E-state index contributed by atoms with van der Waals surface area (Å²) < 4.78 is 7.94. The number of aromatic nitrogens is 1. The molecular formula is C21H21N2O+. The van der Waals surface area contributed by atoms with Crippen LogP contribution in [0.25, 0.3) is 12.2 Å². The Balaban J connectivity index is 1.69. The summed E-state index contributed by atoms with van der Waals surface area (Å²) in [4.78, 5) is 0. The van der Waals surface area contributed by atoms with Crippen molar-refractivity contribution in [1.82, 2.24) is 0 Å². The van der Waals surface area contributed by atoms with Gasteiger partial charge in [0, 0.05) is 12.1 Å². The highest BCUT2D eigenvalue weighted by Crippen LogP contribution is 2.22. The third-order valence-electron chi connectivity index (χ3n) is 3.61. The summed E-state index contributed by atoms with van der Waals surface area (Å²) in [7, 11) is 0. The average Bonchev–Trinajstić information content (AvgIpc) is 2.63. The Morgan fingerprint density at radius 2 is 1.50 bits per heavy atom. The van der Waals surface area contributed by atoms with Crippen molar-refractivity contribution in [3.8, 4) is 11.5 Å². The minimum absolute atomic E-state index is 0.647. The second kappa shape index (κ2) is 8.09. The Kier molecular flexibility index (Phi) is 5.38. The molecule has 0 atom stereocenters. The largest absolute Gasteiger partial charge is 0.457 e. The van der Waals surface area contributed by atoms with E-state index in [1.165, 1.54) is 0 Å². The third-order valence-corrected chi connectivity index (χ3v) is 3.61. The van der Waals surface area contributed by atoms with E-state index >= 15 is 0 Å². The van der Waals surface area contributed by atoms with Crippen molar-refractivity contribution in [3.63, 3.8) is 0 Å². The van der Waals surface area contributed by atoms with E-state index < -0.39 is 0 Å². The number of rotatable bonds is 6. The van der Waals surface area contributed by atoms with E-state index in [-0.39, 0.29) is 0 Å². The topological polar surface area (TPSA) is 39.1 Å². The minimum atomic E-state index is 0.647. The number of benzene rings is 2. The number of para-hydroxylation sites is 1. The molecule has 3 nitrogen and oxygen atoms in total. The minimum Gasteiger partial charge on any atom is -0.457 e. The molecule has 0 fully saturated rings. The molecule has 0 unspecified atom stereocenters. The first-order valence-corrected chi connectivity index (χ1v) is 8.04. The number of pyridine rings is 1. The molecule has 0 spiro atoms. The summed E-state index contributed by atoms with van der Waals surface area (Å²) in [5, 5.41) is 0. The number of nitrogens with two attached hydrogens (primary N) is 1. The van der Waals surface area contributed by atoms with Crippen LogP contribution >= 0.6 is 0 Å². The van der Waals surface area contributed by atoms with Gasteiger partial charge in [0.25, 0.3) is 0 Å². The molecule has 120 valence electrons. The fraction of sp³-hybridized carbons (Fsp3) is 0.0952. The lowest BCUT2D eigenvalue weighted by molar-refractivity contribution is -0.694. The third kappa shape index (κ3) is 4.54. The van der Waals surface area contributed by atoms with Gasteiger partial charge in [0.1, 0.15) is 11.5 Å². The van der Waals surface area contributed by atoms with Gasteiger partial charge < -0.3 is 10.5 Å². The smallest absolute Gasteiger partial charge is 0.169 e. The lowest BCUT2D eigenvalue weighted by Gasteiger charge is -2.05. The first-order chi connectivity index (χ1) is 11.8. The van der Waals surface area contributed by atoms with Crippen LogP contribution in [0.2, 0.25) is 0 Å². The second-order valence-corrected chi connectivity index (χ2v) is 5.48. The van der Waals surface area contributed by atoms with Crippen LogP contribution < -0.4 is 15.0 Å². The van der Waals surface area contributed by atoms with Crippen LogP contribution in [0.3, 0.4) is 0 Å². The zero-order chi connectivity index (χ0) is 16.6. The summed E-state index contributed by atoms with van der Waals surface area (Å²) in [6, 6.07) is 22.0. The molecule has 0 amide bonds. The molecule has 1 heterocycles. The predicted octanol–water partition coefficient (Wildman–Crippen LogP) is 3.90. The zero-order valence-corrected chi connectivity index (χ0v) is 13.5. The fourth-order valence-electron chi connectivity index (χ4n) is 2.38. The highest BCUT2D eigenvalue weighted by atomic mass is 16.5. The molecule has 2 aromatic carbocycles. The summed E-state index contributed by atoms with van der Waals surface area (Å²) in [6.07, 6.45) is 8.26. The molecule has 24 heavy (non-hydrogen) atoms. The first-order valence-electron chi connectivity index (χ1n) is 8.04. The van der Waals surface area contributed by atoms with Gasteiger partial charge in [0.05, 0.1) is 6.54 Å². The van der Waals surface area contributed by atoms with Crippen LogP contribution in [0.5, 0.6) is 11.5 Å². The molecule has 1 aromatic heterocycles. The Hall–Kier alpha value is -2.91. The molecular weight excluding hydrogens is 296 g/mol. The van der Waals surface area contributed by atoms with E-state index in [4.69, 9.17) is 10.5 Å². The first kappa shape index (κ1) is 16.0. The molecule has 0 bridgehead atoms. The molecule has 0 radical (unpaired) electrons. The Morgan fingerprint density at radius 1 is 0.792 bits per heavy atom. The Bertz CT molecular complexity index is 796. The monoisotopic (exact) mass is 317 g/mol. The van der Waals surface area contributed by atoms with E-state index in [0.717, 1.165) is 29.2 Å². The standard InChI is InChI=1S/C21H21N2O/c22-13-16-23-14-11-18(12-15-23)9-10-19-5-4-8-21(17-19)24-20-6-2-1-3-7-20/h1-12,14-15,17H,13,16,22H2/q+1/b10-9+. The van der Waals surface area contributed by atoms with Crippen molar-refractivity contribution >= 4 is 12.2 Å². The predicted molar refractivity (Wildman–Crippen MR) is 97.6 cm³/mol. The molecule has 0 aliphatic heterocycles. The maximum Gasteiger partial charge on any atom is 0.169 e. The fourth-order valence-corrected chi connectivity index (χ4v) is 2.38. The Labute approximate surface area is 142 Å². The van der Waals surface area contributed by atoms with Gasteiger partial charge in [-0.2, -0.15) is 0 Å². The Morgan fingerprint density at radius 3 is 2.25 bits per heavy atom. The maximum absolute atomic E-state index is 5.86. The highest BCUT2D eigenvalue weighted by Gasteiger charge is 1.99. The summed E-state index contributed by atoms with van der Waals surface area (Å²) in [5.74, 6) is 1.67. The van der Waals surface area contributed by atoms with Crippen LogP contribution in [-0.4, -0.2) is 6.54 Å². The lowest BCUT2D eigenvalue weighted by atomic mass is 10.1. The van der Waals surface area contributed by atoms with Crippen molar-refractivity contribution in [2.45, 2.75) is 6.54 Å². The number of ether oxygens (including phenoxy) is 1. The summed E-state index contributed by atoms with van der Waals surface area (Å²) in [5.41, 5.74) is 7.81. The second-order valence-electron chi connectivity index (χ2n) is 5.48. The van der Waals surface area contributed by atoms with E-state index in [9.17, 15) is 0 Å². The van der Waals surface area contributed by atoms with Crippen LogP contribution in [0, 0.1) is 0 Å². The van der Waals surface area contributed by atoms with Gasteiger partial charge in [-0.1, -0.05) is 42.5 Å². The van der Waals surface area contributed by atoms with Crippen molar-refractivity contribution in [2.24, 2.45) is 5.73 Å². The van der Waals surface area contributed by atoms with Crippen LogP contribution in [-0.2, 0) is 6.54 Å². The molecule has 2 N–H and O–H groups in total. The zero-order valence-electron chi connectivity index (χ0n) is 13.5. The number of hydrogen-bond donors (Lipinski definition) is 1. The van der Waals surface area contributed by atoms with Gasteiger partial charge >= 0.3 is 0 Å². The van der Waals surface area contributed by atoms with E-state index in [1.807, 2.05) is 60.9 Å². The summed E-state index contributed by atoms with van der Waals surface area (Å²) in [6.45, 7) is 1.48. The summed E-state index contributed by atoms with van der Waals surface area (Å²) >= 11 is 0. The van der Waals surface area contributed by atoms with Gasteiger partial charge in [0.2, 0.25) is 0 Å². The van der Waals surface area contributed by atoms with E-state index in [0.29, 0.717) is 6.54 Å². The molecule has 0 saturated heterocycles. The van der Waals surface area contributed by atoms with Crippen LogP contribution in [0.1, 0.15) is 11.1 Å². The van der Waals surface area contributed by atoms with Gasteiger partial charge in [-0.25, -0.2) is 4.57 Å². The van der Waals surface area contributed by atoms with Gasteiger partial charge in [0.15, 0.2) is 18.9 Å². The molecule has 0 aliphatic carbocycles. The highest BCUT2D eigenvalue weighted by molar-refractivity contribution is 5.69.